The van der Waals surface area contributed by atoms with Crippen LogP contribution in [-0.2, 0) is 5.41 Å². The molecule has 0 fully saturated rings. The standard InChI is InChI=1S/C21H24N4O2S/c1-13(2)27-16-8-6-14(7-9-16)19-25-17(12-28-19)18(26)24-15-10-22-20(23-11-15)21(3,4)5/h6-13H,1-5H3,(H,24,26). The van der Waals surface area contributed by atoms with E-state index in [-0.39, 0.29) is 17.4 Å². The van der Waals surface area contributed by atoms with Crippen LogP contribution < -0.4 is 10.1 Å². The molecule has 28 heavy (non-hydrogen) atoms. The molecule has 0 spiro atoms. The summed E-state index contributed by atoms with van der Waals surface area (Å²) >= 11 is 1.42. The van der Waals surface area contributed by atoms with Crippen molar-refractivity contribution >= 4 is 22.9 Å². The highest BCUT2D eigenvalue weighted by Crippen LogP contribution is 2.26. The Bertz CT molecular complexity index is 942. The van der Waals surface area contributed by atoms with Crippen molar-refractivity contribution < 1.29 is 9.53 Å². The molecule has 7 heteroatoms. The molecule has 3 aromatic rings. The number of nitrogens with zero attached hydrogens (tertiary/aromatic N) is 3. The van der Waals surface area contributed by atoms with Crippen LogP contribution in [0.1, 0.15) is 50.9 Å². The minimum absolute atomic E-state index is 0.127. The number of ether oxygens (including phenoxy) is 1. The number of amides is 1. The SMILES string of the molecule is CC(C)Oc1ccc(-c2nc(C(=O)Nc3cnc(C(C)(C)C)nc3)cs2)cc1. The molecule has 1 aromatic carbocycles. The lowest BCUT2D eigenvalue weighted by Gasteiger charge is -2.16. The predicted octanol–water partition coefficient (Wildman–Crippen LogP) is 4.94. The van der Waals surface area contributed by atoms with E-state index in [1.54, 1.807) is 17.8 Å². The number of aromatic nitrogens is 3. The molecule has 0 bridgehead atoms. The number of carbonyl (C=O) groups is 1. The molecule has 1 amide bonds. The van der Waals surface area contributed by atoms with E-state index in [1.807, 2.05) is 58.9 Å². The first-order valence-corrected chi connectivity index (χ1v) is 9.97. The Kier molecular flexibility index (Phi) is 5.74. The summed E-state index contributed by atoms with van der Waals surface area (Å²) in [4.78, 5) is 25.6. The number of rotatable bonds is 5. The summed E-state index contributed by atoms with van der Waals surface area (Å²) in [6.45, 7) is 10.1. The van der Waals surface area contributed by atoms with Gasteiger partial charge in [0.1, 0.15) is 22.3 Å². The highest BCUT2D eigenvalue weighted by molar-refractivity contribution is 7.13. The van der Waals surface area contributed by atoms with Crippen molar-refractivity contribution in [2.75, 3.05) is 5.32 Å². The fourth-order valence-corrected chi connectivity index (χ4v) is 3.24. The molecular formula is C21H24N4O2S. The summed E-state index contributed by atoms with van der Waals surface area (Å²) in [5.74, 6) is 1.26. The second-order valence-corrected chi connectivity index (χ2v) is 8.59. The van der Waals surface area contributed by atoms with E-state index >= 15 is 0 Å². The molecule has 0 aliphatic heterocycles. The van der Waals surface area contributed by atoms with Gasteiger partial charge in [0.2, 0.25) is 0 Å². The van der Waals surface area contributed by atoms with Crippen LogP contribution in [0.4, 0.5) is 5.69 Å². The van der Waals surface area contributed by atoms with Gasteiger partial charge in [0, 0.05) is 16.4 Å². The van der Waals surface area contributed by atoms with Gasteiger partial charge in [0.25, 0.3) is 5.91 Å². The molecule has 0 saturated heterocycles. The number of carbonyl (C=O) groups excluding carboxylic acids is 1. The number of nitrogens with one attached hydrogen (secondary N) is 1. The van der Waals surface area contributed by atoms with E-state index in [0.717, 1.165) is 22.1 Å². The zero-order valence-electron chi connectivity index (χ0n) is 16.7. The monoisotopic (exact) mass is 396 g/mol. The highest BCUT2D eigenvalue weighted by Gasteiger charge is 2.17. The van der Waals surface area contributed by atoms with Crippen LogP contribution in [0.2, 0.25) is 0 Å². The molecule has 2 heterocycles. The van der Waals surface area contributed by atoms with Crippen molar-refractivity contribution in [2.45, 2.75) is 46.1 Å². The molecule has 0 aliphatic carbocycles. The van der Waals surface area contributed by atoms with Crippen molar-refractivity contribution in [1.82, 2.24) is 15.0 Å². The zero-order chi connectivity index (χ0) is 20.3. The molecule has 0 unspecified atom stereocenters. The van der Waals surface area contributed by atoms with Crippen LogP contribution in [0, 0.1) is 0 Å². The zero-order valence-corrected chi connectivity index (χ0v) is 17.5. The fraction of sp³-hybridized carbons (Fsp3) is 0.333. The molecule has 0 aliphatic rings. The molecule has 2 aromatic heterocycles. The van der Waals surface area contributed by atoms with Gasteiger partial charge in [-0.25, -0.2) is 15.0 Å². The van der Waals surface area contributed by atoms with Gasteiger partial charge in [-0.2, -0.15) is 0 Å². The van der Waals surface area contributed by atoms with Crippen molar-refractivity contribution in [3.63, 3.8) is 0 Å². The number of benzene rings is 1. The molecule has 6 nitrogen and oxygen atoms in total. The van der Waals surface area contributed by atoms with E-state index in [2.05, 4.69) is 20.3 Å². The Morgan fingerprint density at radius 1 is 1.11 bits per heavy atom. The van der Waals surface area contributed by atoms with Gasteiger partial charge >= 0.3 is 0 Å². The molecule has 0 saturated carbocycles. The average Bonchev–Trinajstić information content (AvgIpc) is 3.12. The molecule has 1 N–H and O–H groups in total. The summed E-state index contributed by atoms with van der Waals surface area (Å²) in [7, 11) is 0. The third-order valence-electron chi connectivity index (χ3n) is 3.79. The second kappa shape index (κ2) is 8.06. The number of thiazole rings is 1. The van der Waals surface area contributed by atoms with Crippen molar-refractivity contribution in [1.29, 1.82) is 0 Å². The Morgan fingerprint density at radius 3 is 2.32 bits per heavy atom. The second-order valence-electron chi connectivity index (χ2n) is 7.73. The first-order valence-electron chi connectivity index (χ1n) is 9.09. The van der Waals surface area contributed by atoms with Crippen molar-refractivity contribution in [3.8, 4) is 16.3 Å². The lowest BCUT2D eigenvalue weighted by molar-refractivity contribution is 0.102. The van der Waals surface area contributed by atoms with E-state index in [4.69, 9.17) is 4.74 Å². The minimum atomic E-state index is -0.283. The fourth-order valence-electron chi connectivity index (χ4n) is 2.43. The summed E-state index contributed by atoms with van der Waals surface area (Å²) in [5, 5.41) is 5.31. The van der Waals surface area contributed by atoms with Gasteiger partial charge in [0.05, 0.1) is 24.2 Å². The maximum Gasteiger partial charge on any atom is 0.275 e. The van der Waals surface area contributed by atoms with E-state index in [9.17, 15) is 4.79 Å². The van der Waals surface area contributed by atoms with Gasteiger partial charge in [-0.1, -0.05) is 20.8 Å². The Morgan fingerprint density at radius 2 is 1.75 bits per heavy atom. The molecule has 146 valence electrons. The molecule has 0 radical (unpaired) electrons. The van der Waals surface area contributed by atoms with Crippen LogP contribution in [0.15, 0.2) is 42.0 Å². The van der Waals surface area contributed by atoms with Crippen molar-refractivity contribution in [2.24, 2.45) is 0 Å². The van der Waals surface area contributed by atoms with Gasteiger partial charge in [-0.15, -0.1) is 11.3 Å². The summed E-state index contributed by atoms with van der Waals surface area (Å²) in [5.41, 5.74) is 1.71. The topological polar surface area (TPSA) is 77.0 Å². The Hall–Kier alpha value is -2.80. The lowest BCUT2D eigenvalue weighted by Crippen LogP contribution is -2.17. The number of hydrogen-bond acceptors (Lipinski definition) is 6. The van der Waals surface area contributed by atoms with Gasteiger partial charge in [0.15, 0.2) is 0 Å². The third-order valence-corrected chi connectivity index (χ3v) is 4.68. The van der Waals surface area contributed by atoms with Crippen LogP contribution in [-0.4, -0.2) is 27.0 Å². The summed E-state index contributed by atoms with van der Waals surface area (Å²) in [6, 6.07) is 7.70. The number of hydrogen-bond donors (Lipinski definition) is 1. The van der Waals surface area contributed by atoms with E-state index < -0.39 is 0 Å². The van der Waals surface area contributed by atoms with Gasteiger partial charge < -0.3 is 10.1 Å². The van der Waals surface area contributed by atoms with Crippen LogP contribution in [0.5, 0.6) is 5.75 Å². The van der Waals surface area contributed by atoms with Crippen molar-refractivity contribution in [3.05, 3.63) is 53.6 Å². The Labute approximate surface area is 169 Å². The van der Waals surface area contributed by atoms with E-state index in [1.165, 1.54) is 11.3 Å². The minimum Gasteiger partial charge on any atom is -0.491 e. The lowest BCUT2D eigenvalue weighted by atomic mass is 9.96. The third kappa shape index (κ3) is 4.92. The first kappa shape index (κ1) is 19.9. The summed E-state index contributed by atoms with van der Waals surface area (Å²) < 4.78 is 5.65. The van der Waals surface area contributed by atoms with Crippen LogP contribution in [0.3, 0.4) is 0 Å². The summed E-state index contributed by atoms with van der Waals surface area (Å²) in [6.07, 6.45) is 3.36. The predicted molar refractivity (Wildman–Crippen MR) is 112 cm³/mol. The largest absolute Gasteiger partial charge is 0.491 e. The highest BCUT2D eigenvalue weighted by atomic mass is 32.1. The van der Waals surface area contributed by atoms with Crippen LogP contribution in [0.25, 0.3) is 10.6 Å². The van der Waals surface area contributed by atoms with Gasteiger partial charge in [-0.3, -0.25) is 4.79 Å². The first-order chi connectivity index (χ1) is 13.2. The smallest absolute Gasteiger partial charge is 0.275 e. The quantitative estimate of drug-likeness (QED) is 0.661. The van der Waals surface area contributed by atoms with Gasteiger partial charge in [-0.05, 0) is 38.1 Å². The average molecular weight is 397 g/mol. The number of anilines is 1. The van der Waals surface area contributed by atoms with Crippen LogP contribution >= 0.6 is 11.3 Å². The molecule has 3 rings (SSSR count). The maximum atomic E-state index is 12.5. The van der Waals surface area contributed by atoms with E-state index in [0.29, 0.717) is 11.4 Å². The maximum absolute atomic E-state index is 12.5. The normalized spacial score (nSPS) is 11.5. The Balaban J connectivity index is 1.68. The molecular weight excluding hydrogens is 372 g/mol. The molecule has 0 atom stereocenters.